The van der Waals surface area contributed by atoms with E-state index in [0.717, 1.165) is 11.1 Å². The van der Waals surface area contributed by atoms with Crippen LogP contribution in [0.2, 0.25) is 0 Å². The quantitative estimate of drug-likeness (QED) is 0.882. The van der Waals surface area contributed by atoms with E-state index in [-0.39, 0.29) is 17.2 Å². The number of rotatable bonds is 5. The topological polar surface area (TPSA) is 78.3 Å². The van der Waals surface area contributed by atoms with Gasteiger partial charge < -0.3 is 16.2 Å². The van der Waals surface area contributed by atoms with E-state index in [9.17, 15) is 4.79 Å². The third-order valence-corrected chi connectivity index (χ3v) is 3.05. The summed E-state index contributed by atoms with van der Waals surface area (Å²) in [7, 11) is 0. The van der Waals surface area contributed by atoms with Crippen LogP contribution < -0.4 is 16.9 Å². The van der Waals surface area contributed by atoms with Crippen LogP contribution >= 0.6 is 0 Å². The SMILES string of the molecule is C[C@@H](N)COCc1ccc(-c2ccccc2)c(=O)c(N)c1. The summed E-state index contributed by atoms with van der Waals surface area (Å²) in [6, 6.07) is 14.8. The minimum absolute atomic E-state index is 0.0187. The van der Waals surface area contributed by atoms with Gasteiger partial charge in [-0.2, -0.15) is 0 Å². The third-order valence-electron chi connectivity index (χ3n) is 3.05. The van der Waals surface area contributed by atoms with Crippen molar-refractivity contribution in [2.45, 2.75) is 19.6 Å². The Morgan fingerprint density at radius 2 is 1.86 bits per heavy atom. The van der Waals surface area contributed by atoms with E-state index in [1.165, 1.54) is 0 Å². The van der Waals surface area contributed by atoms with Crippen molar-refractivity contribution in [3.63, 3.8) is 0 Å². The van der Waals surface area contributed by atoms with Crippen molar-refractivity contribution in [1.82, 2.24) is 0 Å². The second-order valence-corrected chi connectivity index (χ2v) is 5.11. The van der Waals surface area contributed by atoms with Crippen LogP contribution in [-0.4, -0.2) is 12.6 Å². The highest BCUT2D eigenvalue weighted by Gasteiger charge is 2.05. The highest BCUT2D eigenvalue weighted by Crippen LogP contribution is 2.16. The molecule has 110 valence electrons. The molecule has 2 aromatic rings. The van der Waals surface area contributed by atoms with E-state index in [0.29, 0.717) is 18.8 Å². The minimum Gasteiger partial charge on any atom is -0.396 e. The lowest BCUT2D eigenvalue weighted by atomic mass is 10.1. The molecule has 0 aliphatic heterocycles. The van der Waals surface area contributed by atoms with E-state index < -0.39 is 0 Å². The fourth-order valence-electron chi connectivity index (χ4n) is 2.03. The van der Waals surface area contributed by atoms with Gasteiger partial charge in [-0.1, -0.05) is 42.5 Å². The van der Waals surface area contributed by atoms with Gasteiger partial charge in [0.25, 0.3) is 0 Å². The number of anilines is 1. The summed E-state index contributed by atoms with van der Waals surface area (Å²) in [5.74, 6) is 0. The molecule has 0 heterocycles. The van der Waals surface area contributed by atoms with Crippen LogP contribution in [0.5, 0.6) is 0 Å². The minimum atomic E-state index is -0.167. The maximum atomic E-state index is 12.3. The van der Waals surface area contributed by atoms with Crippen molar-refractivity contribution in [1.29, 1.82) is 0 Å². The van der Waals surface area contributed by atoms with Crippen molar-refractivity contribution in [2.24, 2.45) is 5.73 Å². The van der Waals surface area contributed by atoms with Gasteiger partial charge >= 0.3 is 0 Å². The molecular formula is C17H20N2O2. The first-order valence-corrected chi connectivity index (χ1v) is 6.89. The molecule has 21 heavy (non-hydrogen) atoms. The molecule has 4 nitrogen and oxygen atoms in total. The van der Waals surface area contributed by atoms with Gasteiger partial charge in [0.1, 0.15) is 0 Å². The molecule has 0 amide bonds. The second kappa shape index (κ2) is 7.02. The molecule has 0 saturated carbocycles. The third kappa shape index (κ3) is 4.15. The van der Waals surface area contributed by atoms with E-state index in [1.54, 1.807) is 12.1 Å². The summed E-state index contributed by atoms with van der Waals surface area (Å²) >= 11 is 0. The summed E-state index contributed by atoms with van der Waals surface area (Å²) in [6.07, 6.45) is 0. The Balaban J connectivity index is 2.32. The van der Waals surface area contributed by atoms with Gasteiger partial charge in [-0.3, -0.25) is 4.79 Å². The average Bonchev–Trinajstić information content (AvgIpc) is 2.60. The van der Waals surface area contributed by atoms with Gasteiger partial charge in [-0.05, 0) is 24.1 Å². The Bertz CT molecular complexity index is 655. The zero-order valence-electron chi connectivity index (χ0n) is 12.1. The number of nitrogens with two attached hydrogens (primary N) is 2. The molecule has 0 bridgehead atoms. The first-order chi connectivity index (χ1) is 10.1. The standard InChI is InChI=1S/C17H20N2O2/c1-12(18)10-21-11-13-7-8-15(17(20)16(19)9-13)14-5-3-2-4-6-14/h2-9,12H,10-11,18H2,1H3,(H2,19,20)/t12-/m1/s1. The lowest BCUT2D eigenvalue weighted by molar-refractivity contribution is 0.111. The van der Waals surface area contributed by atoms with Gasteiger partial charge in [0.05, 0.1) is 18.9 Å². The lowest BCUT2D eigenvalue weighted by Crippen LogP contribution is -2.21. The van der Waals surface area contributed by atoms with Crippen LogP contribution in [0.1, 0.15) is 12.5 Å². The smallest absolute Gasteiger partial charge is 0.209 e. The van der Waals surface area contributed by atoms with E-state index >= 15 is 0 Å². The molecule has 0 saturated heterocycles. The fourth-order valence-corrected chi connectivity index (χ4v) is 2.03. The molecule has 0 radical (unpaired) electrons. The number of ether oxygens (including phenoxy) is 1. The summed E-state index contributed by atoms with van der Waals surface area (Å²) in [6.45, 7) is 2.73. The molecule has 0 unspecified atom stereocenters. The highest BCUT2D eigenvalue weighted by molar-refractivity contribution is 5.66. The number of benzene rings is 1. The van der Waals surface area contributed by atoms with Gasteiger partial charge in [-0.25, -0.2) is 0 Å². The lowest BCUT2D eigenvalue weighted by Gasteiger charge is -2.05. The van der Waals surface area contributed by atoms with Gasteiger partial charge in [0, 0.05) is 11.6 Å². The van der Waals surface area contributed by atoms with Crippen LogP contribution in [0.15, 0.2) is 53.3 Å². The average molecular weight is 284 g/mol. The van der Waals surface area contributed by atoms with Crippen LogP contribution in [0, 0.1) is 0 Å². The number of hydrogen-bond donors (Lipinski definition) is 2. The largest absolute Gasteiger partial charge is 0.396 e. The van der Waals surface area contributed by atoms with Crippen LogP contribution in [0.25, 0.3) is 11.1 Å². The zero-order chi connectivity index (χ0) is 15.2. The molecule has 0 fully saturated rings. The summed E-state index contributed by atoms with van der Waals surface area (Å²) < 4.78 is 5.48. The van der Waals surface area contributed by atoms with Crippen LogP contribution in [0.3, 0.4) is 0 Å². The fraction of sp³-hybridized carbons (Fsp3) is 0.235. The highest BCUT2D eigenvalue weighted by atomic mass is 16.5. The number of nitrogen functional groups attached to an aromatic ring is 1. The maximum Gasteiger partial charge on any atom is 0.209 e. The second-order valence-electron chi connectivity index (χ2n) is 5.11. The molecule has 2 rings (SSSR count). The molecule has 0 spiro atoms. The molecule has 4 N–H and O–H groups in total. The molecule has 0 aliphatic rings. The van der Waals surface area contributed by atoms with Crippen molar-refractivity contribution < 1.29 is 4.74 Å². The normalized spacial score (nSPS) is 12.1. The summed E-state index contributed by atoms with van der Waals surface area (Å²) in [4.78, 5) is 12.3. The molecule has 0 aliphatic carbocycles. The predicted molar refractivity (Wildman–Crippen MR) is 85.9 cm³/mol. The van der Waals surface area contributed by atoms with Gasteiger partial charge in [-0.15, -0.1) is 0 Å². The summed E-state index contributed by atoms with van der Waals surface area (Å²) in [5.41, 5.74) is 13.9. The Hall–Kier alpha value is -2.17. The van der Waals surface area contributed by atoms with Crippen LogP contribution in [0.4, 0.5) is 5.69 Å². The van der Waals surface area contributed by atoms with E-state index in [1.807, 2.05) is 43.3 Å². The Morgan fingerprint density at radius 1 is 1.14 bits per heavy atom. The van der Waals surface area contributed by atoms with E-state index in [4.69, 9.17) is 16.2 Å². The van der Waals surface area contributed by atoms with Gasteiger partial charge in [0.15, 0.2) is 0 Å². The van der Waals surface area contributed by atoms with Gasteiger partial charge in [0.2, 0.25) is 5.43 Å². The van der Waals surface area contributed by atoms with Crippen molar-refractivity contribution in [3.05, 3.63) is 64.3 Å². The Kier molecular flexibility index (Phi) is 5.09. The van der Waals surface area contributed by atoms with Crippen molar-refractivity contribution in [3.8, 4) is 11.1 Å². The zero-order valence-corrected chi connectivity index (χ0v) is 12.1. The molecule has 2 aromatic carbocycles. The monoisotopic (exact) mass is 284 g/mol. The maximum absolute atomic E-state index is 12.3. The predicted octanol–water partition coefficient (Wildman–Crippen LogP) is 2.16. The molecular weight excluding hydrogens is 264 g/mol. The van der Waals surface area contributed by atoms with Crippen molar-refractivity contribution >= 4 is 5.69 Å². The molecule has 0 aromatic heterocycles. The van der Waals surface area contributed by atoms with E-state index in [2.05, 4.69) is 0 Å². The van der Waals surface area contributed by atoms with Crippen molar-refractivity contribution in [2.75, 3.05) is 12.3 Å². The number of hydrogen-bond acceptors (Lipinski definition) is 4. The van der Waals surface area contributed by atoms with Crippen LogP contribution in [-0.2, 0) is 11.3 Å². The first kappa shape index (κ1) is 15.2. The molecule has 1 atom stereocenters. The Labute approximate surface area is 124 Å². The summed E-state index contributed by atoms with van der Waals surface area (Å²) in [5, 5.41) is 0. The molecule has 4 heteroatoms. The Morgan fingerprint density at radius 3 is 2.52 bits per heavy atom. The first-order valence-electron chi connectivity index (χ1n) is 6.89.